The van der Waals surface area contributed by atoms with Crippen LogP contribution in [0, 0.1) is 5.92 Å². The zero-order valence-electron chi connectivity index (χ0n) is 23.3. The van der Waals surface area contributed by atoms with Gasteiger partial charge in [0, 0.05) is 12.6 Å². The van der Waals surface area contributed by atoms with Crippen molar-refractivity contribution >= 4 is 22.7 Å². The minimum atomic E-state index is -2.01. The van der Waals surface area contributed by atoms with Crippen molar-refractivity contribution in [3.63, 3.8) is 0 Å². The highest BCUT2D eigenvalue weighted by Crippen LogP contribution is 2.46. The quantitative estimate of drug-likeness (QED) is 0.347. The molecule has 0 unspecified atom stereocenters. The van der Waals surface area contributed by atoms with Gasteiger partial charge in [-0.3, -0.25) is 0 Å². The Morgan fingerprint density at radius 3 is 1.97 bits per heavy atom. The van der Waals surface area contributed by atoms with Crippen LogP contribution in [0.4, 0.5) is 4.79 Å². The first-order valence-corrected chi connectivity index (χ1v) is 18.7. The fraction of sp³-hybridized carbons (Fsp3) is 0.741. The number of carboxylic acid groups (broad SMARTS) is 1. The maximum atomic E-state index is 10.7. The van der Waals surface area contributed by atoms with Crippen molar-refractivity contribution in [1.82, 2.24) is 5.32 Å². The molecule has 0 spiro atoms. The molecule has 0 aliphatic heterocycles. The summed E-state index contributed by atoms with van der Waals surface area (Å²) in [7, 11) is -3.95. The lowest BCUT2D eigenvalue weighted by Gasteiger charge is -2.39. The Balaban J connectivity index is 2.26. The number of carbonyl (C=O) groups is 1. The van der Waals surface area contributed by atoms with Gasteiger partial charge in [0.2, 0.25) is 16.6 Å². The highest BCUT2D eigenvalue weighted by molar-refractivity contribution is 6.75. The molecule has 7 heteroatoms. The lowest BCUT2D eigenvalue weighted by molar-refractivity contribution is 0.192. The molecule has 0 radical (unpaired) electrons. The maximum absolute atomic E-state index is 10.7. The molecule has 1 aromatic carbocycles. The molecule has 194 valence electrons. The predicted octanol–water partition coefficient (Wildman–Crippen LogP) is 8.39. The lowest BCUT2D eigenvalue weighted by atomic mass is 9.77. The molecule has 1 aromatic rings. The average molecular weight is 508 g/mol. The van der Waals surface area contributed by atoms with Crippen molar-refractivity contribution in [2.24, 2.45) is 5.92 Å². The number of amides is 1. The van der Waals surface area contributed by atoms with Gasteiger partial charge < -0.3 is 19.3 Å². The van der Waals surface area contributed by atoms with Gasteiger partial charge in [-0.1, -0.05) is 47.6 Å². The van der Waals surface area contributed by atoms with Crippen LogP contribution in [0.25, 0.3) is 0 Å². The first-order valence-electron chi connectivity index (χ1n) is 12.9. The summed E-state index contributed by atoms with van der Waals surface area (Å²) in [5.41, 5.74) is 1.31. The van der Waals surface area contributed by atoms with Gasteiger partial charge in [-0.25, -0.2) is 4.79 Å². The third-order valence-corrected chi connectivity index (χ3v) is 17.2. The predicted molar refractivity (Wildman–Crippen MR) is 147 cm³/mol. The van der Waals surface area contributed by atoms with Crippen LogP contribution in [0.5, 0.6) is 11.5 Å². The average Bonchev–Trinajstić information content (AvgIpc) is 2.66. The van der Waals surface area contributed by atoms with Crippen molar-refractivity contribution in [2.75, 3.05) is 6.54 Å². The summed E-state index contributed by atoms with van der Waals surface area (Å²) in [6, 6.07) is 6.57. The van der Waals surface area contributed by atoms with E-state index in [0.29, 0.717) is 18.4 Å². The standard InChI is InChI=1S/C27H49NO4Si2/c1-26(2,3)33(7,8)31-22-15-16-23(24(19-22)32-34(9,10)27(4,5)6)21-13-11-20(12-14-21)17-18-28-25(29)30/h15-16,19-21,28H,11-14,17-18H2,1-10H3,(H,29,30). The number of rotatable bonds is 8. The van der Waals surface area contributed by atoms with Crippen molar-refractivity contribution in [3.05, 3.63) is 23.8 Å². The van der Waals surface area contributed by atoms with Gasteiger partial charge in [0.15, 0.2) is 0 Å². The molecule has 0 saturated heterocycles. The molecular formula is C27H49NO4Si2. The van der Waals surface area contributed by atoms with Crippen LogP contribution in [0.2, 0.25) is 36.3 Å². The fourth-order valence-electron chi connectivity index (χ4n) is 4.02. The smallest absolute Gasteiger partial charge is 0.404 e. The molecule has 0 bridgehead atoms. The Hall–Kier alpha value is -1.48. The van der Waals surface area contributed by atoms with Gasteiger partial charge in [0.05, 0.1) is 0 Å². The Kier molecular flexibility index (Phi) is 9.01. The minimum absolute atomic E-state index is 0.120. The normalized spacial score (nSPS) is 20.1. The molecule has 1 aliphatic carbocycles. The Bertz CT molecular complexity index is 832. The van der Waals surface area contributed by atoms with Crippen molar-refractivity contribution < 1.29 is 18.8 Å². The summed E-state index contributed by atoms with van der Waals surface area (Å²) in [6.45, 7) is 23.4. The van der Waals surface area contributed by atoms with E-state index in [1.807, 2.05) is 0 Å². The molecular weight excluding hydrogens is 458 g/mol. The van der Waals surface area contributed by atoms with Crippen LogP contribution in [-0.2, 0) is 0 Å². The second-order valence-electron chi connectivity index (χ2n) is 13.2. The molecule has 0 heterocycles. The Labute approximate surface area is 210 Å². The molecule has 1 amide bonds. The van der Waals surface area contributed by atoms with E-state index in [4.69, 9.17) is 14.0 Å². The van der Waals surface area contributed by atoms with E-state index in [2.05, 4.69) is 91.2 Å². The van der Waals surface area contributed by atoms with Crippen LogP contribution in [0.3, 0.4) is 0 Å². The Morgan fingerprint density at radius 1 is 0.941 bits per heavy atom. The van der Waals surface area contributed by atoms with Gasteiger partial charge in [0.25, 0.3) is 0 Å². The van der Waals surface area contributed by atoms with Crippen LogP contribution in [0.15, 0.2) is 18.2 Å². The molecule has 0 atom stereocenters. The number of hydrogen-bond acceptors (Lipinski definition) is 3. The zero-order valence-corrected chi connectivity index (χ0v) is 25.3. The molecule has 2 rings (SSSR count). The molecule has 2 N–H and O–H groups in total. The third kappa shape index (κ3) is 7.51. The summed E-state index contributed by atoms with van der Waals surface area (Å²) < 4.78 is 13.6. The van der Waals surface area contributed by atoms with Gasteiger partial charge >= 0.3 is 6.09 Å². The van der Waals surface area contributed by atoms with E-state index in [1.165, 1.54) is 5.56 Å². The molecule has 5 nitrogen and oxygen atoms in total. The second-order valence-corrected chi connectivity index (χ2v) is 22.6. The summed E-state index contributed by atoms with van der Waals surface area (Å²) in [6.07, 6.45) is 4.50. The van der Waals surface area contributed by atoms with Gasteiger partial charge in [0.1, 0.15) is 11.5 Å². The topological polar surface area (TPSA) is 67.8 Å². The lowest BCUT2D eigenvalue weighted by Crippen LogP contribution is -2.44. The zero-order chi connectivity index (χ0) is 25.9. The largest absolute Gasteiger partial charge is 0.543 e. The van der Waals surface area contributed by atoms with Gasteiger partial charge in [-0.2, -0.15) is 0 Å². The molecule has 34 heavy (non-hydrogen) atoms. The minimum Gasteiger partial charge on any atom is -0.543 e. The van der Waals surface area contributed by atoms with E-state index >= 15 is 0 Å². The summed E-state index contributed by atoms with van der Waals surface area (Å²) in [5, 5.41) is 11.6. The molecule has 1 aliphatic rings. The van der Waals surface area contributed by atoms with Crippen LogP contribution >= 0.6 is 0 Å². The van der Waals surface area contributed by atoms with Gasteiger partial charge in [-0.05, 0) is 91.8 Å². The molecule has 1 saturated carbocycles. The maximum Gasteiger partial charge on any atom is 0.404 e. The van der Waals surface area contributed by atoms with Crippen LogP contribution in [0.1, 0.15) is 85.1 Å². The molecule has 0 aromatic heterocycles. The van der Waals surface area contributed by atoms with Crippen molar-refractivity contribution in [3.8, 4) is 11.5 Å². The fourth-order valence-corrected chi connectivity index (χ4v) is 6.08. The SMILES string of the molecule is CC(C)(C)[Si](C)(C)Oc1ccc(C2CCC(CCNC(=O)O)CC2)c(O[Si](C)(C)C(C)(C)C)c1. The monoisotopic (exact) mass is 507 g/mol. The van der Waals surface area contributed by atoms with Gasteiger partial charge in [-0.15, -0.1) is 0 Å². The highest BCUT2D eigenvalue weighted by atomic mass is 28.4. The number of nitrogens with one attached hydrogen (secondary N) is 1. The summed E-state index contributed by atoms with van der Waals surface area (Å²) in [5.74, 6) is 3.01. The van der Waals surface area contributed by atoms with E-state index in [9.17, 15) is 4.79 Å². The second kappa shape index (κ2) is 10.6. The first kappa shape index (κ1) is 28.8. The number of hydrogen-bond donors (Lipinski definition) is 2. The van der Waals surface area contributed by atoms with E-state index in [1.54, 1.807) is 0 Å². The van der Waals surface area contributed by atoms with E-state index in [0.717, 1.165) is 43.6 Å². The van der Waals surface area contributed by atoms with Crippen molar-refractivity contribution in [2.45, 2.75) is 116 Å². The summed E-state index contributed by atoms with van der Waals surface area (Å²) >= 11 is 0. The summed E-state index contributed by atoms with van der Waals surface area (Å²) in [4.78, 5) is 10.7. The Morgan fingerprint density at radius 2 is 1.47 bits per heavy atom. The van der Waals surface area contributed by atoms with E-state index in [-0.39, 0.29) is 10.1 Å². The highest BCUT2D eigenvalue weighted by Gasteiger charge is 2.41. The number of benzene rings is 1. The third-order valence-electron chi connectivity index (χ3n) is 8.45. The van der Waals surface area contributed by atoms with Crippen LogP contribution < -0.4 is 14.2 Å². The first-order chi connectivity index (χ1) is 15.4. The van der Waals surface area contributed by atoms with E-state index < -0.39 is 22.7 Å². The molecule has 1 fully saturated rings. The van der Waals surface area contributed by atoms with Crippen LogP contribution in [-0.4, -0.2) is 34.4 Å². The van der Waals surface area contributed by atoms with Crippen molar-refractivity contribution in [1.29, 1.82) is 0 Å².